The first kappa shape index (κ1) is 14.1. The molecule has 1 heterocycles. The number of carbonyl (C=O) groups is 1. The van der Waals surface area contributed by atoms with Gasteiger partial charge in [0.15, 0.2) is 0 Å². The van der Waals surface area contributed by atoms with Crippen LogP contribution in [0.2, 0.25) is 0 Å². The van der Waals surface area contributed by atoms with Gasteiger partial charge in [0.1, 0.15) is 0 Å². The monoisotopic (exact) mass is 260 g/mol. The maximum absolute atomic E-state index is 12.1. The van der Waals surface area contributed by atoms with Crippen molar-refractivity contribution in [1.29, 1.82) is 0 Å². The van der Waals surface area contributed by atoms with Gasteiger partial charge in [-0.3, -0.25) is 4.79 Å². The molecule has 3 heteroatoms. The van der Waals surface area contributed by atoms with Gasteiger partial charge in [-0.25, -0.2) is 0 Å². The summed E-state index contributed by atoms with van der Waals surface area (Å²) in [6.45, 7) is 6.33. The minimum atomic E-state index is 0.147. The Morgan fingerprint density at radius 2 is 2.21 bits per heavy atom. The summed E-state index contributed by atoms with van der Waals surface area (Å²) < 4.78 is 0. The molecule has 1 amide bonds. The largest absolute Gasteiger partial charge is 0.326 e. The molecule has 1 unspecified atom stereocenters. The molecule has 0 spiro atoms. The van der Waals surface area contributed by atoms with E-state index in [1.807, 2.05) is 12.1 Å². The number of carbonyl (C=O) groups excluding carboxylic acids is 1. The van der Waals surface area contributed by atoms with E-state index < -0.39 is 0 Å². The number of piperidine rings is 1. The lowest BCUT2D eigenvalue weighted by Gasteiger charge is -2.29. The summed E-state index contributed by atoms with van der Waals surface area (Å²) in [4.78, 5) is 14.4. The summed E-state index contributed by atoms with van der Waals surface area (Å²) in [7, 11) is 2.13. The average molecular weight is 260 g/mol. The van der Waals surface area contributed by atoms with Crippen LogP contribution in [0.4, 0.5) is 5.69 Å². The van der Waals surface area contributed by atoms with E-state index in [1.165, 1.54) is 18.4 Å². The number of anilines is 1. The van der Waals surface area contributed by atoms with Crippen molar-refractivity contribution in [2.24, 2.45) is 5.92 Å². The molecule has 0 saturated carbocycles. The first-order valence-electron chi connectivity index (χ1n) is 7.11. The maximum Gasteiger partial charge on any atom is 0.224 e. The second-order valence-electron chi connectivity index (χ2n) is 5.77. The van der Waals surface area contributed by atoms with Crippen molar-refractivity contribution < 1.29 is 4.79 Å². The van der Waals surface area contributed by atoms with Gasteiger partial charge in [0.2, 0.25) is 5.91 Å². The first-order valence-corrected chi connectivity index (χ1v) is 7.11. The highest BCUT2D eigenvalue weighted by Crippen LogP contribution is 2.21. The van der Waals surface area contributed by atoms with Gasteiger partial charge >= 0.3 is 0 Å². The third kappa shape index (κ3) is 3.80. The van der Waals surface area contributed by atoms with Crippen molar-refractivity contribution in [2.45, 2.75) is 33.1 Å². The number of aryl methyl sites for hydroxylation is 1. The number of hydrogen-bond acceptors (Lipinski definition) is 2. The van der Waals surface area contributed by atoms with E-state index in [1.54, 1.807) is 0 Å². The van der Waals surface area contributed by atoms with E-state index in [2.05, 4.69) is 37.2 Å². The molecule has 19 heavy (non-hydrogen) atoms. The number of hydrogen-bond donors (Lipinski definition) is 1. The SMILES string of the molecule is Cc1cccc(NC(=O)CC2CCCN(C)C2)c1C. The molecule has 0 radical (unpaired) electrons. The fraction of sp³-hybridized carbons (Fsp3) is 0.562. The molecular formula is C16H24N2O. The molecule has 1 N–H and O–H groups in total. The lowest BCUT2D eigenvalue weighted by atomic mass is 9.95. The molecule has 104 valence electrons. The summed E-state index contributed by atoms with van der Waals surface area (Å²) in [5, 5.41) is 3.06. The molecule has 1 aliphatic rings. The quantitative estimate of drug-likeness (QED) is 0.906. The van der Waals surface area contributed by atoms with Crippen LogP contribution in [0, 0.1) is 19.8 Å². The van der Waals surface area contributed by atoms with Gasteiger partial charge in [-0.05, 0) is 63.4 Å². The predicted molar refractivity (Wildman–Crippen MR) is 79.4 cm³/mol. The Labute approximate surface area is 116 Å². The van der Waals surface area contributed by atoms with E-state index in [4.69, 9.17) is 0 Å². The van der Waals surface area contributed by atoms with Crippen LogP contribution in [0.15, 0.2) is 18.2 Å². The van der Waals surface area contributed by atoms with Crippen molar-refractivity contribution in [3.05, 3.63) is 29.3 Å². The fourth-order valence-corrected chi connectivity index (χ4v) is 2.79. The van der Waals surface area contributed by atoms with Crippen LogP contribution in [0.5, 0.6) is 0 Å². The van der Waals surface area contributed by atoms with Crippen LogP contribution in [-0.2, 0) is 4.79 Å². The van der Waals surface area contributed by atoms with Crippen LogP contribution in [0.1, 0.15) is 30.4 Å². The highest BCUT2D eigenvalue weighted by Gasteiger charge is 2.20. The van der Waals surface area contributed by atoms with E-state index >= 15 is 0 Å². The number of amides is 1. The third-order valence-electron chi connectivity index (χ3n) is 4.07. The molecule has 1 atom stereocenters. The molecule has 1 aromatic carbocycles. The zero-order chi connectivity index (χ0) is 13.8. The number of rotatable bonds is 3. The summed E-state index contributed by atoms with van der Waals surface area (Å²) in [6, 6.07) is 6.04. The van der Waals surface area contributed by atoms with Gasteiger partial charge in [0.05, 0.1) is 0 Å². The van der Waals surface area contributed by atoms with Gasteiger partial charge in [0, 0.05) is 18.7 Å². The van der Waals surface area contributed by atoms with Crippen LogP contribution in [-0.4, -0.2) is 30.9 Å². The molecule has 1 aromatic rings. The molecular weight excluding hydrogens is 236 g/mol. The van der Waals surface area contributed by atoms with Crippen molar-refractivity contribution in [1.82, 2.24) is 4.90 Å². The standard InChI is InChI=1S/C16H24N2O/c1-12-6-4-8-15(13(12)2)17-16(19)10-14-7-5-9-18(3)11-14/h4,6,8,14H,5,7,9-11H2,1-3H3,(H,17,19). The van der Waals surface area contributed by atoms with Gasteiger partial charge < -0.3 is 10.2 Å². The summed E-state index contributed by atoms with van der Waals surface area (Å²) in [6.07, 6.45) is 3.01. The van der Waals surface area contributed by atoms with E-state index in [0.29, 0.717) is 12.3 Å². The van der Waals surface area contributed by atoms with Crippen molar-refractivity contribution >= 4 is 11.6 Å². The van der Waals surface area contributed by atoms with Gasteiger partial charge in [-0.1, -0.05) is 12.1 Å². The number of benzene rings is 1. The van der Waals surface area contributed by atoms with Gasteiger partial charge in [-0.2, -0.15) is 0 Å². The second kappa shape index (κ2) is 6.20. The zero-order valence-corrected chi connectivity index (χ0v) is 12.2. The minimum absolute atomic E-state index is 0.147. The van der Waals surface area contributed by atoms with Gasteiger partial charge in [0.25, 0.3) is 0 Å². The predicted octanol–water partition coefficient (Wildman–Crippen LogP) is 2.97. The first-order chi connectivity index (χ1) is 9.06. The van der Waals surface area contributed by atoms with E-state index in [0.717, 1.165) is 24.3 Å². The lowest BCUT2D eigenvalue weighted by Crippen LogP contribution is -2.34. The Morgan fingerprint density at radius 1 is 1.42 bits per heavy atom. The van der Waals surface area contributed by atoms with Crippen LogP contribution in [0.3, 0.4) is 0 Å². The Morgan fingerprint density at radius 3 is 2.95 bits per heavy atom. The average Bonchev–Trinajstić information content (AvgIpc) is 2.35. The number of nitrogens with one attached hydrogen (secondary N) is 1. The van der Waals surface area contributed by atoms with Gasteiger partial charge in [-0.15, -0.1) is 0 Å². The van der Waals surface area contributed by atoms with Crippen molar-refractivity contribution in [2.75, 3.05) is 25.5 Å². The number of likely N-dealkylation sites (tertiary alicyclic amines) is 1. The Balaban J connectivity index is 1.92. The fourth-order valence-electron chi connectivity index (χ4n) is 2.79. The van der Waals surface area contributed by atoms with Crippen LogP contribution >= 0.6 is 0 Å². The molecule has 0 bridgehead atoms. The maximum atomic E-state index is 12.1. The lowest BCUT2D eigenvalue weighted by molar-refractivity contribution is -0.117. The van der Waals surface area contributed by atoms with Crippen LogP contribution < -0.4 is 5.32 Å². The van der Waals surface area contributed by atoms with Crippen molar-refractivity contribution in [3.63, 3.8) is 0 Å². The molecule has 0 aromatic heterocycles. The summed E-state index contributed by atoms with van der Waals surface area (Å²) in [5.74, 6) is 0.651. The summed E-state index contributed by atoms with van der Waals surface area (Å²) >= 11 is 0. The topological polar surface area (TPSA) is 32.3 Å². The highest BCUT2D eigenvalue weighted by molar-refractivity contribution is 5.91. The molecule has 1 saturated heterocycles. The number of nitrogens with zero attached hydrogens (tertiary/aromatic N) is 1. The summed E-state index contributed by atoms with van der Waals surface area (Å²) in [5.41, 5.74) is 3.33. The Kier molecular flexibility index (Phi) is 4.59. The molecule has 1 fully saturated rings. The van der Waals surface area contributed by atoms with E-state index in [9.17, 15) is 4.79 Å². The van der Waals surface area contributed by atoms with Crippen molar-refractivity contribution in [3.8, 4) is 0 Å². The Hall–Kier alpha value is -1.35. The zero-order valence-electron chi connectivity index (χ0n) is 12.2. The molecule has 0 aliphatic carbocycles. The second-order valence-corrected chi connectivity index (χ2v) is 5.77. The normalized spacial score (nSPS) is 20.3. The van der Waals surface area contributed by atoms with E-state index in [-0.39, 0.29) is 5.91 Å². The highest BCUT2D eigenvalue weighted by atomic mass is 16.1. The molecule has 2 rings (SSSR count). The molecule has 1 aliphatic heterocycles. The minimum Gasteiger partial charge on any atom is -0.326 e. The smallest absolute Gasteiger partial charge is 0.224 e. The molecule has 3 nitrogen and oxygen atoms in total. The third-order valence-corrected chi connectivity index (χ3v) is 4.07. The Bertz CT molecular complexity index is 456. The van der Waals surface area contributed by atoms with Crippen LogP contribution in [0.25, 0.3) is 0 Å².